The third-order valence-electron chi connectivity index (χ3n) is 2.77. The van der Waals surface area contributed by atoms with Crippen LogP contribution in [0, 0.1) is 0 Å². The minimum atomic E-state index is -0.0841. The number of rotatable bonds is 5. The van der Waals surface area contributed by atoms with Gasteiger partial charge in [0.15, 0.2) is 11.0 Å². The molecule has 0 atom stereocenters. The fourth-order valence-corrected chi connectivity index (χ4v) is 1.97. The van der Waals surface area contributed by atoms with Gasteiger partial charge in [0.1, 0.15) is 0 Å². The molecule has 4 nitrogen and oxygen atoms in total. The zero-order valence-electron chi connectivity index (χ0n) is 10.4. The highest BCUT2D eigenvalue weighted by Gasteiger charge is 2.15. The second kappa shape index (κ2) is 5.40. The van der Waals surface area contributed by atoms with Crippen molar-refractivity contribution >= 4 is 17.4 Å². The number of carbonyl (C=O) groups excluding carboxylic acids is 1. The number of aryl methyl sites for hydroxylation is 2. The summed E-state index contributed by atoms with van der Waals surface area (Å²) in [6.45, 7) is 4.80. The topological polar surface area (TPSA) is 48.0 Å². The van der Waals surface area contributed by atoms with Gasteiger partial charge in [0.05, 0.1) is 12.1 Å². The number of hydrogen-bond acceptors (Lipinski definition) is 3. The lowest BCUT2D eigenvalue weighted by Crippen LogP contribution is -2.09. The predicted octanol–water partition coefficient (Wildman–Crippen LogP) is 3.14. The lowest BCUT2D eigenvalue weighted by Gasteiger charge is -2.02. The third kappa shape index (κ3) is 2.64. The molecule has 18 heavy (non-hydrogen) atoms. The van der Waals surface area contributed by atoms with E-state index in [4.69, 9.17) is 16.0 Å². The zero-order valence-corrected chi connectivity index (χ0v) is 11.2. The molecule has 0 spiro atoms. The normalized spacial score (nSPS) is 10.8. The first-order chi connectivity index (χ1) is 8.63. The average molecular weight is 267 g/mol. The number of aromatic nitrogens is 2. The molecule has 0 saturated heterocycles. The van der Waals surface area contributed by atoms with Crippen molar-refractivity contribution in [2.75, 3.05) is 0 Å². The fraction of sp³-hybridized carbons (Fsp3) is 0.385. The summed E-state index contributed by atoms with van der Waals surface area (Å²) in [4.78, 5) is 12.0. The van der Waals surface area contributed by atoms with Crippen molar-refractivity contribution in [1.29, 1.82) is 0 Å². The highest BCUT2D eigenvalue weighted by molar-refractivity contribution is 6.29. The van der Waals surface area contributed by atoms with E-state index in [2.05, 4.69) is 5.10 Å². The quantitative estimate of drug-likeness (QED) is 0.781. The standard InChI is InChI=1S/C13H15ClN2O2/c1-3-9-7-10(16(4-2)15-9)8-11(17)12-5-6-13(14)18-12/h5-7H,3-4,8H2,1-2H3. The minimum absolute atomic E-state index is 0.0841. The Balaban J connectivity index is 2.18. The van der Waals surface area contributed by atoms with Crippen molar-refractivity contribution in [3.05, 3.63) is 40.6 Å². The molecule has 96 valence electrons. The van der Waals surface area contributed by atoms with Gasteiger partial charge in [0.2, 0.25) is 5.78 Å². The van der Waals surface area contributed by atoms with E-state index in [1.165, 1.54) is 0 Å². The van der Waals surface area contributed by atoms with E-state index in [-0.39, 0.29) is 17.4 Å². The molecule has 2 aromatic heterocycles. The van der Waals surface area contributed by atoms with E-state index in [1.807, 2.05) is 24.6 Å². The molecule has 2 heterocycles. The number of nitrogens with zero attached hydrogens (tertiary/aromatic N) is 2. The lowest BCUT2D eigenvalue weighted by molar-refractivity contribution is 0.0964. The highest BCUT2D eigenvalue weighted by atomic mass is 35.5. The SMILES string of the molecule is CCc1cc(CC(=O)c2ccc(Cl)o2)n(CC)n1. The van der Waals surface area contributed by atoms with Crippen LogP contribution in [0.5, 0.6) is 0 Å². The molecule has 0 fully saturated rings. The second-order valence-corrected chi connectivity index (χ2v) is 4.37. The van der Waals surface area contributed by atoms with Gasteiger partial charge in [-0.05, 0) is 43.1 Å². The fourth-order valence-electron chi connectivity index (χ4n) is 1.82. The van der Waals surface area contributed by atoms with E-state index >= 15 is 0 Å². The molecule has 0 aromatic carbocycles. The summed E-state index contributed by atoms with van der Waals surface area (Å²) in [5, 5.41) is 4.64. The molecule has 0 aliphatic rings. The first-order valence-corrected chi connectivity index (χ1v) is 6.36. The summed E-state index contributed by atoms with van der Waals surface area (Å²) in [7, 11) is 0. The molecule has 0 aliphatic carbocycles. The Hall–Kier alpha value is -1.55. The molecule has 5 heteroatoms. The van der Waals surface area contributed by atoms with Crippen molar-refractivity contribution in [2.24, 2.45) is 0 Å². The van der Waals surface area contributed by atoms with Crippen LogP contribution < -0.4 is 0 Å². The molecule has 0 saturated carbocycles. The number of carbonyl (C=O) groups is 1. The van der Waals surface area contributed by atoms with Crippen molar-refractivity contribution in [3.8, 4) is 0 Å². The smallest absolute Gasteiger partial charge is 0.203 e. The van der Waals surface area contributed by atoms with Gasteiger partial charge in [-0.3, -0.25) is 9.48 Å². The maximum atomic E-state index is 12.0. The van der Waals surface area contributed by atoms with E-state index in [0.717, 1.165) is 24.4 Å². The Kier molecular flexibility index (Phi) is 3.87. The summed E-state index contributed by atoms with van der Waals surface area (Å²) >= 11 is 5.66. The van der Waals surface area contributed by atoms with Crippen molar-refractivity contribution in [2.45, 2.75) is 33.2 Å². The van der Waals surface area contributed by atoms with Gasteiger partial charge < -0.3 is 4.42 Å². The monoisotopic (exact) mass is 266 g/mol. The molecule has 0 N–H and O–H groups in total. The van der Waals surface area contributed by atoms with Gasteiger partial charge in [0, 0.05) is 12.2 Å². The lowest BCUT2D eigenvalue weighted by atomic mass is 10.1. The molecule has 2 aromatic rings. The number of ketones is 1. The predicted molar refractivity (Wildman–Crippen MR) is 69.0 cm³/mol. The third-order valence-corrected chi connectivity index (χ3v) is 2.97. The Bertz CT molecular complexity index is 557. The molecular formula is C13H15ClN2O2. The summed E-state index contributed by atoms with van der Waals surface area (Å²) < 4.78 is 6.96. The van der Waals surface area contributed by atoms with Gasteiger partial charge in [-0.25, -0.2) is 0 Å². The molecule has 2 rings (SSSR count). The Labute approximate surface area is 111 Å². The Morgan fingerprint density at radius 1 is 1.44 bits per heavy atom. The average Bonchev–Trinajstić information content (AvgIpc) is 2.95. The van der Waals surface area contributed by atoms with Crippen LogP contribution in [0.3, 0.4) is 0 Å². The Morgan fingerprint density at radius 3 is 2.78 bits per heavy atom. The Morgan fingerprint density at radius 2 is 2.22 bits per heavy atom. The summed E-state index contributed by atoms with van der Waals surface area (Å²) in [6.07, 6.45) is 1.14. The maximum absolute atomic E-state index is 12.0. The molecule has 0 aliphatic heterocycles. The molecule has 0 bridgehead atoms. The van der Waals surface area contributed by atoms with Gasteiger partial charge in [-0.2, -0.15) is 5.10 Å². The number of furan rings is 1. The first-order valence-electron chi connectivity index (χ1n) is 5.98. The van der Waals surface area contributed by atoms with Gasteiger partial charge >= 0.3 is 0 Å². The van der Waals surface area contributed by atoms with Crippen LogP contribution in [0.1, 0.15) is 35.8 Å². The summed E-state index contributed by atoms with van der Waals surface area (Å²) in [5.41, 5.74) is 1.91. The number of halogens is 1. The summed E-state index contributed by atoms with van der Waals surface area (Å²) in [6, 6.07) is 5.13. The van der Waals surface area contributed by atoms with Crippen molar-refractivity contribution in [1.82, 2.24) is 9.78 Å². The van der Waals surface area contributed by atoms with Gasteiger partial charge in [0.25, 0.3) is 0 Å². The van der Waals surface area contributed by atoms with Crippen molar-refractivity contribution in [3.63, 3.8) is 0 Å². The largest absolute Gasteiger partial charge is 0.442 e. The van der Waals surface area contributed by atoms with E-state index in [0.29, 0.717) is 5.76 Å². The van der Waals surface area contributed by atoms with Crippen LogP contribution in [-0.2, 0) is 19.4 Å². The number of hydrogen-bond donors (Lipinski definition) is 0. The van der Waals surface area contributed by atoms with Crippen molar-refractivity contribution < 1.29 is 9.21 Å². The summed E-state index contributed by atoms with van der Waals surface area (Å²) in [5.74, 6) is 0.209. The molecule has 0 radical (unpaired) electrons. The van der Waals surface area contributed by atoms with E-state index < -0.39 is 0 Å². The maximum Gasteiger partial charge on any atom is 0.203 e. The van der Waals surface area contributed by atoms with Gasteiger partial charge in [-0.15, -0.1) is 0 Å². The van der Waals surface area contributed by atoms with Crippen LogP contribution in [0.25, 0.3) is 0 Å². The molecule has 0 unspecified atom stereocenters. The molecule has 0 amide bonds. The van der Waals surface area contributed by atoms with Crippen LogP contribution in [0.4, 0.5) is 0 Å². The van der Waals surface area contributed by atoms with Crippen LogP contribution in [0.15, 0.2) is 22.6 Å². The van der Waals surface area contributed by atoms with Crippen LogP contribution >= 0.6 is 11.6 Å². The van der Waals surface area contributed by atoms with E-state index in [9.17, 15) is 4.79 Å². The molecular weight excluding hydrogens is 252 g/mol. The highest BCUT2D eigenvalue weighted by Crippen LogP contribution is 2.16. The second-order valence-electron chi connectivity index (χ2n) is 4.00. The van der Waals surface area contributed by atoms with Gasteiger partial charge in [-0.1, -0.05) is 6.92 Å². The first kappa shape index (κ1) is 12.9. The minimum Gasteiger partial charge on any atom is -0.442 e. The van der Waals surface area contributed by atoms with Crippen LogP contribution in [-0.4, -0.2) is 15.6 Å². The van der Waals surface area contributed by atoms with Crippen LogP contribution in [0.2, 0.25) is 5.22 Å². The number of Topliss-reactive ketones (excluding diaryl/α,β-unsaturated/α-hetero) is 1. The van der Waals surface area contributed by atoms with E-state index in [1.54, 1.807) is 12.1 Å². The zero-order chi connectivity index (χ0) is 13.1.